The van der Waals surface area contributed by atoms with Crippen LogP contribution in [0.2, 0.25) is 0 Å². The molecule has 2 fully saturated rings. The van der Waals surface area contributed by atoms with Gasteiger partial charge < -0.3 is 24.3 Å². The Morgan fingerprint density at radius 2 is 1.95 bits per heavy atom. The highest BCUT2D eigenvalue weighted by Crippen LogP contribution is 2.50. The third kappa shape index (κ3) is 4.35. The lowest BCUT2D eigenvalue weighted by molar-refractivity contribution is 0.0850. The first-order valence-electron chi connectivity index (χ1n) is 13.9. The number of piperidine rings is 1. The van der Waals surface area contributed by atoms with Gasteiger partial charge in [0.15, 0.2) is 5.03 Å². The molecule has 1 aliphatic carbocycles. The maximum Gasteiger partial charge on any atom is 0.262 e. The molecule has 2 aromatic heterocycles. The van der Waals surface area contributed by atoms with Crippen LogP contribution in [0.4, 0.5) is 0 Å². The Bertz CT molecular complexity index is 1400. The molecule has 1 spiro atoms. The Kier molecular flexibility index (Phi) is 6.78. The van der Waals surface area contributed by atoms with Gasteiger partial charge in [0, 0.05) is 54.4 Å². The fourth-order valence-electron chi connectivity index (χ4n) is 7.16. The summed E-state index contributed by atoms with van der Waals surface area (Å²) in [5.74, 6) is 1.52. The highest BCUT2D eigenvalue weighted by atomic mass is 32.2. The number of imidazole rings is 1. The first kappa shape index (κ1) is 25.9. The number of nitrogens with one attached hydrogen (secondary N) is 1. The van der Waals surface area contributed by atoms with Crippen LogP contribution in [0.1, 0.15) is 62.2 Å². The molecule has 38 heavy (non-hydrogen) atoms. The molecule has 10 heteroatoms. The second-order valence-electron chi connectivity index (χ2n) is 11.5. The Morgan fingerprint density at radius 1 is 1.18 bits per heavy atom. The molecule has 1 saturated carbocycles. The highest BCUT2D eigenvalue weighted by molar-refractivity contribution is 7.89. The maximum atomic E-state index is 13.9. The molecular formula is C28H39N5O4S. The van der Waals surface area contributed by atoms with E-state index in [9.17, 15) is 13.5 Å². The fraction of sp³-hybridized carbons (Fsp3) is 0.607. The minimum Gasteiger partial charge on any atom is -0.497 e. The summed E-state index contributed by atoms with van der Waals surface area (Å²) in [5.41, 5.74) is 2.52. The molecule has 2 N–H and O–H groups in total. The molecule has 3 aliphatic rings. The van der Waals surface area contributed by atoms with Crippen LogP contribution in [0.5, 0.6) is 5.75 Å². The van der Waals surface area contributed by atoms with Crippen molar-refractivity contribution in [3.63, 3.8) is 0 Å². The molecular weight excluding hydrogens is 502 g/mol. The van der Waals surface area contributed by atoms with Crippen molar-refractivity contribution >= 4 is 20.9 Å². The van der Waals surface area contributed by atoms with Crippen molar-refractivity contribution in [1.82, 2.24) is 23.7 Å². The number of aryl methyl sites for hydroxylation is 1. The van der Waals surface area contributed by atoms with Crippen LogP contribution < -0.4 is 4.74 Å². The average Bonchev–Trinajstić information content (AvgIpc) is 3.55. The predicted molar refractivity (Wildman–Crippen MR) is 146 cm³/mol. The number of fused-ring (bicyclic) bond motifs is 4. The predicted octanol–water partition coefficient (Wildman–Crippen LogP) is 3.56. The summed E-state index contributed by atoms with van der Waals surface area (Å²) >= 11 is 0. The number of ether oxygens (including phenoxy) is 1. The summed E-state index contributed by atoms with van der Waals surface area (Å²) in [6.45, 7) is 3.05. The van der Waals surface area contributed by atoms with Crippen molar-refractivity contribution in [2.75, 3.05) is 39.9 Å². The third-order valence-electron chi connectivity index (χ3n) is 9.19. The lowest BCUT2D eigenvalue weighted by atomic mass is 9.68. The number of methoxy groups -OCH3 is 1. The van der Waals surface area contributed by atoms with Crippen LogP contribution in [-0.2, 0) is 22.5 Å². The zero-order chi connectivity index (χ0) is 26.5. The second kappa shape index (κ2) is 9.97. The first-order valence-corrected chi connectivity index (χ1v) is 15.3. The zero-order valence-electron chi connectivity index (χ0n) is 22.4. The molecule has 9 nitrogen and oxygen atoms in total. The van der Waals surface area contributed by atoms with E-state index in [2.05, 4.69) is 20.9 Å². The van der Waals surface area contributed by atoms with E-state index < -0.39 is 16.1 Å². The van der Waals surface area contributed by atoms with Crippen molar-refractivity contribution in [3.05, 3.63) is 42.0 Å². The SMILES string of the molecule is COc1ccc2c3c([nH]c2c1)[C@@H](CO)N(S(=O)(=O)c1cn(C)cn1)CC31CCN(CC2CCCCC2)CC1. The number of aromatic nitrogens is 3. The van der Waals surface area contributed by atoms with E-state index in [1.807, 2.05) is 12.1 Å². The number of H-pyrrole nitrogens is 1. The Hall–Kier alpha value is -2.40. The number of hydrogen-bond acceptors (Lipinski definition) is 6. The number of aromatic amines is 1. The second-order valence-corrected chi connectivity index (χ2v) is 13.4. The zero-order valence-corrected chi connectivity index (χ0v) is 23.2. The monoisotopic (exact) mass is 541 g/mol. The minimum atomic E-state index is -3.92. The van der Waals surface area contributed by atoms with E-state index in [-0.39, 0.29) is 17.0 Å². The smallest absolute Gasteiger partial charge is 0.262 e. The number of aliphatic hydroxyl groups excluding tert-OH is 1. The number of nitrogens with zero attached hydrogens (tertiary/aromatic N) is 4. The number of benzene rings is 1. The standard InChI is InChI=1S/C28H39N5O4S/c1-31-16-25(29-19-31)38(35,36)33-18-28(10-12-32(13-11-28)15-20-6-4-3-5-7-20)26-22-9-8-21(37-2)14-23(22)30-27(26)24(33)17-34/h8-9,14,16,19-20,24,30,34H,3-7,10-13,15,17-18H2,1-2H3/t24-/m1/s1. The molecule has 6 rings (SSSR count). The van der Waals surface area contributed by atoms with E-state index in [4.69, 9.17) is 4.74 Å². The van der Waals surface area contributed by atoms with Crippen LogP contribution in [0.3, 0.4) is 0 Å². The summed E-state index contributed by atoms with van der Waals surface area (Å²) in [5, 5.41) is 11.7. The van der Waals surface area contributed by atoms with E-state index >= 15 is 0 Å². The Balaban J connectivity index is 1.40. The van der Waals surface area contributed by atoms with Gasteiger partial charge in [-0.25, -0.2) is 13.4 Å². The van der Waals surface area contributed by atoms with Gasteiger partial charge in [-0.15, -0.1) is 0 Å². The molecule has 1 atom stereocenters. The van der Waals surface area contributed by atoms with Crippen LogP contribution >= 0.6 is 0 Å². The van der Waals surface area contributed by atoms with Crippen LogP contribution in [-0.4, -0.2) is 77.2 Å². The van der Waals surface area contributed by atoms with Gasteiger partial charge in [0.25, 0.3) is 10.0 Å². The average molecular weight is 542 g/mol. The molecule has 0 unspecified atom stereocenters. The van der Waals surface area contributed by atoms with Gasteiger partial charge in [-0.3, -0.25) is 0 Å². The third-order valence-corrected chi connectivity index (χ3v) is 10.9. The van der Waals surface area contributed by atoms with Gasteiger partial charge in [0.1, 0.15) is 5.75 Å². The van der Waals surface area contributed by atoms with Gasteiger partial charge in [0.2, 0.25) is 0 Å². The largest absolute Gasteiger partial charge is 0.497 e. The van der Waals surface area contributed by atoms with Crippen molar-refractivity contribution in [1.29, 1.82) is 0 Å². The van der Waals surface area contributed by atoms with Crippen molar-refractivity contribution < 1.29 is 18.3 Å². The number of hydrogen-bond donors (Lipinski definition) is 2. The minimum absolute atomic E-state index is 0.0181. The van der Waals surface area contributed by atoms with Crippen molar-refractivity contribution in [2.24, 2.45) is 13.0 Å². The fourth-order valence-corrected chi connectivity index (χ4v) is 8.81. The Labute approximate surface area is 224 Å². The normalized spacial score (nSPS) is 23.2. The molecule has 4 heterocycles. The van der Waals surface area contributed by atoms with E-state index in [0.29, 0.717) is 6.54 Å². The first-order chi connectivity index (χ1) is 18.3. The van der Waals surface area contributed by atoms with Gasteiger partial charge in [-0.05, 0) is 62.4 Å². The summed E-state index contributed by atoms with van der Waals surface area (Å²) in [7, 11) is -0.517. The number of rotatable bonds is 6. The number of likely N-dealkylation sites (tertiary alicyclic amines) is 1. The van der Waals surface area contributed by atoms with Gasteiger partial charge in [-0.1, -0.05) is 19.3 Å². The Morgan fingerprint density at radius 3 is 2.61 bits per heavy atom. The molecule has 0 bridgehead atoms. The van der Waals surface area contributed by atoms with Crippen LogP contribution in [0.25, 0.3) is 10.9 Å². The molecule has 2 aliphatic heterocycles. The molecule has 0 amide bonds. The van der Waals surface area contributed by atoms with Crippen LogP contribution in [0.15, 0.2) is 35.7 Å². The summed E-state index contributed by atoms with van der Waals surface area (Å²) < 4.78 is 36.5. The lowest BCUT2D eigenvalue weighted by Gasteiger charge is -2.49. The van der Waals surface area contributed by atoms with Gasteiger partial charge in [0.05, 0.1) is 26.1 Å². The molecule has 3 aromatic rings. The lowest BCUT2D eigenvalue weighted by Crippen LogP contribution is -2.55. The van der Waals surface area contributed by atoms with Crippen molar-refractivity contribution in [2.45, 2.75) is 61.4 Å². The van der Waals surface area contributed by atoms with E-state index in [1.54, 1.807) is 18.7 Å². The van der Waals surface area contributed by atoms with Crippen molar-refractivity contribution in [3.8, 4) is 5.75 Å². The summed E-state index contributed by atoms with van der Waals surface area (Å²) in [4.78, 5) is 10.3. The molecule has 1 aromatic carbocycles. The van der Waals surface area contributed by atoms with E-state index in [0.717, 1.165) is 60.7 Å². The molecule has 0 radical (unpaired) electrons. The highest BCUT2D eigenvalue weighted by Gasteiger charge is 2.51. The molecule has 206 valence electrons. The van der Waals surface area contributed by atoms with E-state index in [1.165, 1.54) is 54.5 Å². The van der Waals surface area contributed by atoms with Crippen LogP contribution in [0, 0.1) is 5.92 Å². The number of sulfonamides is 1. The van der Waals surface area contributed by atoms with Gasteiger partial charge in [-0.2, -0.15) is 4.31 Å². The topological polar surface area (TPSA) is 104 Å². The summed E-state index contributed by atoms with van der Waals surface area (Å²) in [6.07, 6.45) is 11.5. The molecule has 1 saturated heterocycles. The van der Waals surface area contributed by atoms with Gasteiger partial charge >= 0.3 is 0 Å². The number of aliphatic hydroxyl groups is 1. The maximum absolute atomic E-state index is 13.9. The quantitative estimate of drug-likeness (QED) is 0.495. The summed E-state index contributed by atoms with van der Waals surface area (Å²) in [6, 6.07) is 5.30.